The van der Waals surface area contributed by atoms with E-state index in [4.69, 9.17) is 16.3 Å². The number of nitrogens with zero attached hydrogens (tertiary/aromatic N) is 5. The van der Waals surface area contributed by atoms with E-state index in [1.807, 2.05) is 18.2 Å². The second-order valence-corrected chi connectivity index (χ2v) is 9.58. The van der Waals surface area contributed by atoms with Crippen molar-refractivity contribution in [3.63, 3.8) is 0 Å². The van der Waals surface area contributed by atoms with Crippen LogP contribution in [0.5, 0.6) is 0 Å². The molecule has 0 aliphatic carbocycles. The van der Waals surface area contributed by atoms with Gasteiger partial charge in [0.05, 0.1) is 30.2 Å². The fourth-order valence-electron chi connectivity index (χ4n) is 3.41. The first-order chi connectivity index (χ1) is 14.4. The van der Waals surface area contributed by atoms with Gasteiger partial charge in [0.25, 0.3) is 0 Å². The van der Waals surface area contributed by atoms with Gasteiger partial charge in [-0.05, 0) is 30.7 Å². The Kier molecular flexibility index (Phi) is 5.77. The van der Waals surface area contributed by atoms with Gasteiger partial charge in [-0.2, -0.15) is 0 Å². The third-order valence-electron chi connectivity index (χ3n) is 5.20. The van der Waals surface area contributed by atoms with Gasteiger partial charge in [-0.3, -0.25) is 4.31 Å². The number of benzene rings is 1. The number of ether oxygens (including phenoxy) is 1. The minimum Gasteiger partial charge on any atom is -0.378 e. The molecule has 0 radical (unpaired) electrons. The van der Waals surface area contributed by atoms with Gasteiger partial charge in [-0.25, -0.2) is 23.4 Å². The van der Waals surface area contributed by atoms with Crippen LogP contribution in [-0.2, 0) is 14.8 Å². The Bertz CT molecular complexity index is 1180. The molecule has 30 heavy (non-hydrogen) atoms. The Hall–Kier alpha value is -2.49. The van der Waals surface area contributed by atoms with Crippen molar-refractivity contribution < 1.29 is 13.2 Å². The number of aromatic nitrogens is 3. The van der Waals surface area contributed by atoms with Crippen molar-refractivity contribution in [1.82, 2.24) is 15.0 Å². The van der Waals surface area contributed by atoms with Gasteiger partial charge in [0.1, 0.15) is 12.1 Å². The molecule has 1 aliphatic rings. The second kappa shape index (κ2) is 8.33. The number of hydrogen-bond donors (Lipinski definition) is 0. The van der Waals surface area contributed by atoms with E-state index in [-0.39, 0.29) is 10.9 Å². The fourth-order valence-corrected chi connectivity index (χ4v) is 4.51. The fraction of sp³-hybridized carbons (Fsp3) is 0.350. The number of halogens is 1. The first kappa shape index (κ1) is 20.8. The maximum absolute atomic E-state index is 12.3. The van der Waals surface area contributed by atoms with Crippen LogP contribution in [-0.4, -0.2) is 62.5 Å². The summed E-state index contributed by atoms with van der Waals surface area (Å²) in [5, 5.41) is 1.05. The van der Waals surface area contributed by atoms with Crippen molar-refractivity contribution in [2.24, 2.45) is 0 Å². The summed E-state index contributed by atoms with van der Waals surface area (Å²) >= 11 is 6.21. The van der Waals surface area contributed by atoms with E-state index in [0.717, 1.165) is 40.9 Å². The second-order valence-electron chi connectivity index (χ2n) is 6.93. The lowest BCUT2D eigenvalue weighted by molar-refractivity contribution is 0.122. The van der Waals surface area contributed by atoms with E-state index in [2.05, 4.69) is 19.9 Å². The standard InChI is InChI=1S/C20H22ClN5O3S/c1-3-30(27,28)25(2)18-11-15(12-22-19(18)21)14-4-5-17-16(10-14)20(24-13-23-17)26-6-8-29-9-7-26/h4-5,10-13H,3,6-9H2,1-2H3. The summed E-state index contributed by atoms with van der Waals surface area (Å²) in [6.07, 6.45) is 3.21. The molecule has 158 valence electrons. The van der Waals surface area contributed by atoms with Gasteiger partial charge < -0.3 is 9.64 Å². The molecule has 0 atom stereocenters. The third kappa shape index (κ3) is 3.92. The van der Waals surface area contributed by atoms with Crippen molar-refractivity contribution >= 4 is 44.0 Å². The highest BCUT2D eigenvalue weighted by atomic mass is 35.5. The van der Waals surface area contributed by atoms with Gasteiger partial charge in [0, 0.05) is 37.3 Å². The quantitative estimate of drug-likeness (QED) is 0.555. The molecule has 4 rings (SSSR count). The number of rotatable bonds is 5. The average Bonchev–Trinajstić information content (AvgIpc) is 2.78. The topological polar surface area (TPSA) is 88.5 Å². The number of pyridine rings is 1. The molecule has 0 saturated carbocycles. The van der Waals surface area contributed by atoms with E-state index in [9.17, 15) is 8.42 Å². The van der Waals surface area contributed by atoms with Gasteiger partial charge in [0.15, 0.2) is 5.15 Å². The van der Waals surface area contributed by atoms with E-state index < -0.39 is 10.0 Å². The summed E-state index contributed by atoms with van der Waals surface area (Å²) in [5.41, 5.74) is 2.81. The van der Waals surface area contributed by atoms with Crippen LogP contribution in [0.25, 0.3) is 22.0 Å². The molecule has 8 nitrogen and oxygen atoms in total. The third-order valence-corrected chi connectivity index (χ3v) is 7.25. The van der Waals surface area contributed by atoms with Gasteiger partial charge in [0.2, 0.25) is 10.0 Å². The SMILES string of the molecule is CCS(=O)(=O)N(C)c1cc(-c2ccc3ncnc(N4CCOCC4)c3c2)cnc1Cl. The maximum Gasteiger partial charge on any atom is 0.234 e. The van der Waals surface area contributed by atoms with Crippen molar-refractivity contribution in [2.45, 2.75) is 6.92 Å². The smallest absolute Gasteiger partial charge is 0.234 e. The highest BCUT2D eigenvalue weighted by molar-refractivity contribution is 7.92. The predicted molar refractivity (Wildman–Crippen MR) is 119 cm³/mol. The Morgan fingerprint density at radius 1 is 1.13 bits per heavy atom. The Balaban J connectivity index is 1.79. The van der Waals surface area contributed by atoms with E-state index in [0.29, 0.717) is 18.9 Å². The molecule has 1 saturated heterocycles. The van der Waals surface area contributed by atoms with Crippen molar-refractivity contribution in [2.75, 3.05) is 48.3 Å². The molecule has 1 aromatic carbocycles. The number of morpholine rings is 1. The van der Waals surface area contributed by atoms with Crippen LogP contribution in [0.2, 0.25) is 5.15 Å². The lowest BCUT2D eigenvalue weighted by Gasteiger charge is -2.28. The summed E-state index contributed by atoms with van der Waals surface area (Å²) in [5.74, 6) is 0.832. The molecule has 0 bridgehead atoms. The van der Waals surface area contributed by atoms with Crippen LogP contribution < -0.4 is 9.21 Å². The van der Waals surface area contributed by atoms with E-state index in [1.165, 1.54) is 11.4 Å². The average molecular weight is 448 g/mol. The maximum atomic E-state index is 12.3. The van der Waals surface area contributed by atoms with E-state index in [1.54, 1.807) is 25.5 Å². The predicted octanol–water partition coefficient (Wildman–Crippen LogP) is 2.97. The molecular formula is C20H22ClN5O3S. The number of fused-ring (bicyclic) bond motifs is 1. The van der Waals surface area contributed by atoms with Gasteiger partial charge in [-0.15, -0.1) is 0 Å². The Morgan fingerprint density at radius 3 is 2.63 bits per heavy atom. The number of anilines is 2. The van der Waals surface area contributed by atoms with Crippen LogP contribution in [0.15, 0.2) is 36.8 Å². The molecule has 0 unspecified atom stereocenters. The van der Waals surface area contributed by atoms with Crippen molar-refractivity contribution in [1.29, 1.82) is 0 Å². The minimum atomic E-state index is -3.46. The lowest BCUT2D eigenvalue weighted by atomic mass is 10.0. The largest absolute Gasteiger partial charge is 0.378 e. The van der Waals surface area contributed by atoms with Crippen molar-refractivity contribution in [3.05, 3.63) is 41.9 Å². The van der Waals surface area contributed by atoms with Crippen molar-refractivity contribution in [3.8, 4) is 11.1 Å². The first-order valence-electron chi connectivity index (χ1n) is 9.60. The summed E-state index contributed by atoms with van der Waals surface area (Å²) in [4.78, 5) is 15.3. The van der Waals surface area contributed by atoms with Gasteiger partial charge in [-0.1, -0.05) is 17.7 Å². The van der Waals surface area contributed by atoms with Crippen LogP contribution in [0.1, 0.15) is 6.92 Å². The highest BCUT2D eigenvalue weighted by Crippen LogP contribution is 2.33. The summed E-state index contributed by atoms with van der Waals surface area (Å²) in [7, 11) is -1.98. The molecule has 0 spiro atoms. The van der Waals surface area contributed by atoms with E-state index >= 15 is 0 Å². The lowest BCUT2D eigenvalue weighted by Crippen LogP contribution is -2.36. The highest BCUT2D eigenvalue weighted by Gasteiger charge is 2.21. The minimum absolute atomic E-state index is 0.0275. The Morgan fingerprint density at radius 2 is 1.90 bits per heavy atom. The summed E-state index contributed by atoms with van der Waals surface area (Å²) in [6, 6.07) is 7.60. The molecule has 1 fully saturated rings. The summed E-state index contributed by atoms with van der Waals surface area (Å²) in [6.45, 7) is 4.45. The normalized spacial score (nSPS) is 14.8. The molecule has 10 heteroatoms. The van der Waals surface area contributed by atoms with Crippen LogP contribution in [0, 0.1) is 0 Å². The molecule has 0 N–H and O–H groups in total. The Labute approximate surface area is 180 Å². The monoisotopic (exact) mass is 447 g/mol. The number of hydrogen-bond acceptors (Lipinski definition) is 7. The molecule has 0 amide bonds. The molecule has 3 heterocycles. The zero-order valence-corrected chi connectivity index (χ0v) is 18.3. The molecule has 2 aromatic heterocycles. The van der Waals surface area contributed by atoms with Crippen LogP contribution in [0.3, 0.4) is 0 Å². The summed E-state index contributed by atoms with van der Waals surface area (Å²) < 4.78 is 31.2. The van der Waals surface area contributed by atoms with Crippen LogP contribution >= 0.6 is 11.6 Å². The number of sulfonamides is 1. The molecule has 1 aliphatic heterocycles. The first-order valence-corrected chi connectivity index (χ1v) is 11.6. The van der Waals surface area contributed by atoms with Gasteiger partial charge >= 0.3 is 0 Å². The zero-order chi connectivity index (χ0) is 21.3. The molecular weight excluding hydrogens is 426 g/mol. The molecule has 3 aromatic rings. The van der Waals surface area contributed by atoms with Crippen LogP contribution in [0.4, 0.5) is 11.5 Å². The zero-order valence-electron chi connectivity index (χ0n) is 16.7.